The van der Waals surface area contributed by atoms with Crippen molar-refractivity contribution in [2.45, 2.75) is 20.3 Å². The number of benzene rings is 2. The fraction of sp³-hybridized carbons (Fsp3) is 0.167. The second-order valence-corrected chi connectivity index (χ2v) is 4.80. The summed E-state index contributed by atoms with van der Waals surface area (Å²) in [6, 6.07) is 16.4. The van der Waals surface area contributed by atoms with E-state index in [0.717, 1.165) is 17.5 Å². The van der Waals surface area contributed by atoms with Gasteiger partial charge in [0.15, 0.2) is 0 Å². The molecule has 0 atom stereocenters. The first kappa shape index (κ1) is 14.1. The SMILES string of the molecule is CCc1ccc(-c2ccc(C=C(C)C(=O)O)cc2)cc1. The highest BCUT2D eigenvalue weighted by molar-refractivity contribution is 5.91. The van der Waals surface area contributed by atoms with Gasteiger partial charge in [-0.1, -0.05) is 55.5 Å². The molecule has 2 rings (SSSR count). The van der Waals surface area contributed by atoms with Gasteiger partial charge in [0.2, 0.25) is 0 Å². The topological polar surface area (TPSA) is 37.3 Å². The lowest BCUT2D eigenvalue weighted by Crippen LogP contribution is -1.95. The molecule has 1 N–H and O–H groups in total. The number of aryl methyl sites for hydroxylation is 1. The summed E-state index contributed by atoms with van der Waals surface area (Å²) in [6.07, 6.45) is 2.71. The van der Waals surface area contributed by atoms with E-state index in [-0.39, 0.29) is 0 Å². The van der Waals surface area contributed by atoms with Crippen molar-refractivity contribution in [1.82, 2.24) is 0 Å². The lowest BCUT2D eigenvalue weighted by Gasteiger charge is -2.04. The molecule has 0 saturated heterocycles. The van der Waals surface area contributed by atoms with Crippen molar-refractivity contribution in [2.75, 3.05) is 0 Å². The average Bonchev–Trinajstić information content (AvgIpc) is 2.48. The van der Waals surface area contributed by atoms with Crippen LogP contribution in [-0.2, 0) is 11.2 Å². The van der Waals surface area contributed by atoms with Crippen LogP contribution in [0.25, 0.3) is 17.2 Å². The van der Waals surface area contributed by atoms with Crippen LogP contribution in [-0.4, -0.2) is 11.1 Å². The summed E-state index contributed by atoms with van der Waals surface area (Å²) in [5, 5.41) is 8.86. The van der Waals surface area contributed by atoms with Crippen LogP contribution in [0.15, 0.2) is 54.1 Å². The molecule has 0 unspecified atom stereocenters. The van der Waals surface area contributed by atoms with Gasteiger partial charge in [-0.2, -0.15) is 0 Å². The van der Waals surface area contributed by atoms with Crippen LogP contribution in [0.2, 0.25) is 0 Å². The summed E-state index contributed by atoms with van der Waals surface area (Å²) in [5.41, 5.74) is 4.87. The monoisotopic (exact) mass is 266 g/mol. The Morgan fingerprint density at radius 1 is 1.00 bits per heavy atom. The normalized spacial score (nSPS) is 11.4. The molecule has 0 aliphatic rings. The quantitative estimate of drug-likeness (QED) is 0.832. The summed E-state index contributed by atoms with van der Waals surface area (Å²) in [6.45, 7) is 3.74. The number of carbonyl (C=O) groups is 1. The molecule has 0 aliphatic heterocycles. The number of carboxylic acid groups (broad SMARTS) is 1. The molecule has 0 radical (unpaired) electrons. The van der Waals surface area contributed by atoms with Gasteiger partial charge < -0.3 is 5.11 Å². The molecular weight excluding hydrogens is 248 g/mol. The highest BCUT2D eigenvalue weighted by atomic mass is 16.4. The molecule has 0 heterocycles. The lowest BCUT2D eigenvalue weighted by molar-refractivity contribution is -0.132. The van der Waals surface area contributed by atoms with E-state index in [9.17, 15) is 4.79 Å². The maximum atomic E-state index is 10.8. The van der Waals surface area contributed by atoms with E-state index in [4.69, 9.17) is 5.11 Å². The first-order valence-electron chi connectivity index (χ1n) is 6.71. The van der Waals surface area contributed by atoms with Crippen molar-refractivity contribution in [3.63, 3.8) is 0 Å². The van der Waals surface area contributed by atoms with Crippen LogP contribution >= 0.6 is 0 Å². The highest BCUT2D eigenvalue weighted by Gasteiger charge is 2.01. The van der Waals surface area contributed by atoms with Crippen LogP contribution in [0.3, 0.4) is 0 Å². The van der Waals surface area contributed by atoms with Gasteiger partial charge in [-0.3, -0.25) is 0 Å². The zero-order valence-corrected chi connectivity index (χ0v) is 11.8. The smallest absolute Gasteiger partial charge is 0.331 e. The zero-order valence-electron chi connectivity index (χ0n) is 11.8. The van der Waals surface area contributed by atoms with Crippen molar-refractivity contribution < 1.29 is 9.90 Å². The van der Waals surface area contributed by atoms with Crippen molar-refractivity contribution >= 4 is 12.0 Å². The molecule has 0 spiro atoms. The van der Waals surface area contributed by atoms with Gasteiger partial charge in [-0.25, -0.2) is 4.79 Å². The fourth-order valence-corrected chi connectivity index (χ4v) is 2.02. The molecule has 2 heteroatoms. The van der Waals surface area contributed by atoms with Gasteiger partial charge in [-0.05, 0) is 41.7 Å². The average molecular weight is 266 g/mol. The molecule has 0 fully saturated rings. The third kappa shape index (κ3) is 3.35. The second kappa shape index (κ2) is 6.20. The Morgan fingerprint density at radius 3 is 1.95 bits per heavy atom. The standard InChI is InChI=1S/C18H18O2/c1-3-14-4-8-16(9-5-14)17-10-6-15(7-11-17)12-13(2)18(19)20/h4-12H,3H2,1-2H3,(H,19,20). The number of rotatable bonds is 4. The number of aliphatic carboxylic acids is 1. The van der Waals surface area contributed by atoms with Gasteiger partial charge in [-0.15, -0.1) is 0 Å². The first-order chi connectivity index (χ1) is 9.60. The third-order valence-corrected chi connectivity index (χ3v) is 3.33. The first-order valence-corrected chi connectivity index (χ1v) is 6.71. The van der Waals surface area contributed by atoms with Gasteiger partial charge in [0.05, 0.1) is 0 Å². The van der Waals surface area contributed by atoms with E-state index in [1.165, 1.54) is 11.1 Å². The molecule has 0 aliphatic carbocycles. The molecule has 2 aromatic carbocycles. The third-order valence-electron chi connectivity index (χ3n) is 3.33. The van der Waals surface area contributed by atoms with E-state index < -0.39 is 5.97 Å². The van der Waals surface area contributed by atoms with E-state index in [1.54, 1.807) is 13.0 Å². The second-order valence-electron chi connectivity index (χ2n) is 4.80. The maximum absolute atomic E-state index is 10.8. The Bertz CT molecular complexity index is 619. The van der Waals surface area contributed by atoms with Gasteiger partial charge in [0.1, 0.15) is 0 Å². The van der Waals surface area contributed by atoms with E-state index in [0.29, 0.717) is 5.57 Å². The van der Waals surface area contributed by atoms with Crippen LogP contribution in [0.1, 0.15) is 25.0 Å². The minimum atomic E-state index is -0.885. The van der Waals surface area contributed by atoms with E-state index in [2.05, 4.69) is 31.2 Å². The van der Waals surface area contributed by atoms with Crippen molar-refractivity contribution in [3.8, 4) is 11.1 Å². The Labute approximate surface area is 119 Å². The Balaban J connectivity index is 2.23. The summed E-state index contributed by atoms with van der Waals surface area (Å²) < 4.78 is 0. The molecule has 0 saturated carbocycles. The Morgan fingerprint density at radius 2 is 1.50 bits per heavy atom. The summed E-state index contributed by atoms with van der Waals surface area (Å²) in [4.78, 5) is 10.8. The Kier molecular flexibility index (Phi) is 4.36. The zero-order chi connectivity index (χ0) is 14.5. The minimum absolute atomic E-state index is 0.338. The summed E-state index contributed by atoms with van der Waals surface area (Å²) in [5.74, 6) is -0.885. The van der Waals surface area contributed by atoms with Gasteiger partial charge >= 0.3 is 5.97 Å². The molecule has 20 heavy (non-hydrogen) atoms. The Hall–Kier alpha value is -2.35. The molecule has 2 aromatic rings. The van der Waals surface area contributed by atoms with Crippen LogP contribution < -0.4 is 0 Å². The molecule has 0 bridgehead atoms. The summed E-state index contributed by atoms with van der Waals surface area (Å²) in [7, 11) is 0. The van der Waals surface area contributed by atoms with Crippen molar-refractivity contribution in [2.24, 2.45) is 0 Å². The fourth-order valence-electron chi connectivity index (χ4n) is 2.02. The molecule has 102 valence electrons. The number of hydrogen-bond acceptors (Lipinski definition) is 1. The highest BCUT2D eigenvalue weighted by Crippen LogP contribution is 2.21. The van der Waals surface area contributed by atoms with Gasteiger partial charge in [0, 0.05) is 5.57 Å². The van der Waals surface area contributed by atoms with E-state index in [1.807, 2.05) is 24.3 Å². The summed E-state index contributed by atoms with van der Waals surface area (Å²) >= 11 is 0. The van der Waals surface area contributed by atoms with Crippen LogP contribution in [0.4, 0.5) is 0 Å². The predicted octanol–water partition coefficient (Wildman–Crippen LogP) is 4.40. The van der Waals surface area contributed by atoms with E-state index >= 15 is 0 Å². The molecule has 2 nitrogen and oxygen atoms in total. The van der Waals surface area contributed by atoms with Gasteiger partial charge in [0.25, 0.3) is 0 Å². The maximum Gasteiger partial charge on any atom is 0.331 e. The number of hydrogen-bond donors (Lipinski definition) is 1. The minimum Gasteiger partial charge on any atom is -0.478 e. The molecular formula is C18H18O2. The lowest BCUT2D eigenvalue weighted by atomic mass is 10.0. The van der Waals surface area contributed by atoms with Crippen molar-refractivity contribution in [3.05, 3.63) is 65.2 Å². The van der Waals surface area contributed by atoms with Crippen molar-refractivity contribution in [1.29, 1.82) is 0 Å². The largest absolute Gasteiger partial charge is 0.478 e. The number of carboxylic acids is 1. The molecule has 0 aromatic heterocycles. The predicted molar refractivity (Wildman–Crippen MR) is 82.5 cm³/mol. The molecule has 0 amide bonds. The van der Waals surface area contributed by atoms with Crippen LogP contribution in [0, 0.1) is 0 Å². The van der Waals surface area contributed by atoms with Crippen LogP contribution in [0.5, 0.6) is 0 Å².